The Labute approximate surface area is 136 Å². The molecule has 0 atom stereocenters. The Hall–Kier alpha value is -1.01. The first-order valence-corrected chi connectivity index (χ1v) is 8.25. The standard InChI is InChI=1S/C16H15IO2S/c1-2-11-3-6-15(9-12(11)10-16(18)19)20-14-7-4-13(17)5-8-14/h3-9H,2,10H2,1H3,(H,18,19). The van der Waals surface area contributed by atoms with Crippen molar-refractivity contribution in [2.45, 2.75) is 29.6 Å². The monoisotopic (exact) mass is 398 g/mol. The van der Waals surface area contributed by atoms with E-state index < -0.39 is 5.97 Å². The summed E-state index contributed by atoms with van der Waals surface area (Å²) in [5.74, 6) is -0.781. The first-order valence-electron chi connectivity index (χ1n) is 6.35. The molecule has 0 aromatic heterocycles. The molecule has 2 aromatic carbocycles. The molecule has 0 aliphatic carbocycles. The third-order valence-corrected chi connectivity index (χ3v) is 4.67. The Kier molecular flexibility index (Phi) is 5.48. The van der Waals surface area contributed by atoms with Crippen molar-refractivity contribution in [1.82, 2.24) is 0 Å². The molecule has 2 nitrogen and oxygen atoms in total. The van der Waals surface area contributed by atoms with E-state index in [0.29, 0.717) is 0 Å². The Morgan fingerprint density at radius 3 is 2.35 bits per heavy atom. The van der Waals surface area contributed by atoms with E-state index in [1.807, 2.05) is 19.1 Å². The average Bonchev–Trinajstić information content (AvgIpc) is 2.41. The maximum Gasteiger partial charge on any atom is 0.307 e. The topological polar surface area (TPSA) is 37.3 Å². The zero-order valence-corrected chi connectivity index (χ0v) is 14.1. The zero-order valence-electron chi connectivity index (χ0n) is 11.1. The number of halogens is 1. The maximum absolute atomic E-state index is 10.9. The van der Waals surface area contributed by atoms with Gasteiger partial charge in [0.05, 0.1) is 6.42 Å². The summed E-state index contributed by atoms with van der Waals surface area (Å²) in [5.41, 5.74) is 2.02. The van der Waals surface area contributed by atoms with Crippen molar-refractivity contribution in [2.75, 3.05) is 0 Å². The second-order valence-corrected chi connectivity index (χ2v) is 6.80. The summed E-state index contributed by atoms with van der Waals surface area (Å²) in [6.45, 7) is 2.05. The van der Waals surface area contributed by atoms with Gasteiger partial charge >= 0.3 is 5.97 Å². The Bertz CT molecular complexity index is 608. The Morgan fingerprint density at radius 1 is 1.10 bits per heavy atom. The van der Waals surface area contributed by atoms with Gasteiger partial charge in [0.2, 0.25) is 0 Å². The van der Waals surface area contributed by atoms with Crippen LogP contribution in [0.25, 0.3) is 0 Å². The van der Waals surface area contributed by atoms with Crippen LogP contribution in [0.15, 0.2) is 52.3 Å². The fourth-order valence-electron chi connectivity index (χ4n) is 1.98. The first kappa shape index (κ1) is 15.4. The molecule has 1 N–H and O–H groups in total. The highest BCUT2D eigenvalue weighted by molar-refractivity contribution is 14.1. The van der Waals surface area contributed by atoms with Crippen LogP contribution in [0.1, 0.15) is 18.1 Å². The third kappa shape index (κ3) is 4.24. The number of carbonyl (C=O) groups is 1. The van der Waals surface area contributed by atoms with Crippen LogP contribution in [-0.2, 0) is 17.6 Å². The minimum absolute atomic E-state index is 0.0876. The number of aliphatic carboxylic acids is 1. The molecule has 2 aromatic rings. The quantitative estimate of drug-likeness (QED) is 0.747. The summed E-state index contributed by atoms with van der Waals surface area (Å²) in [7, 11) is 0. The molecule has 0 unspecified atom stereocenters. The predicted molar refractivity (Wildman–Crippen MR) is 90.4 cm³/mol. The molecule has 0 radical (unpaired) electrons. The van der Waals surface area contributed by atoms with E-state index in [4.69, 9.17) is 5.11 Å². The lowest BCUT2D eigenvalue weighted by atomic mass is 10.0. The second-order valence-electron chi connectivity index (χ2n) is 4.41. The van der Waals surface area contributed by atoms with E-state index in [1.165, 1.54) is 3.57 Å². The van der Waals surface area contributed by atoms with Gasteiger partial charge in [-0.3, -0.25) is 4.79 Å². The molecule has 20 heavy (non-hydrogen) atoms. The predicted octanol–water partition coefficient (Wildman–Crippen LogP) is 4.63. The van der Waals surface area contributed by atoms with Gasteiger partial charge in [-0.25, -0.2) is 0 Å². The van der Waals surface area contributed by atoms with Crippen molar-refractivity contribution in [3.05, 3.63) is 57.2 Å². The van der Waals surface area contributed by atoms with Crippen LogP contribution in [0.5, 0.6) is 0 Å². The molecule has 0 heterocycles. The first-order chi connectivity index (χ1) is 9.58. The Morgan fingerprint density at radius 2 is 1.75 bits per heavy atom. The van der Waals surface area contributed by atoms with Crippen molar-refractivity contribution >= 4 is 40.3 Å². The normalized spacial score (nSPS) is 10.5. The SMILES string of the molecule is CCc1ccc(Sc2ccc(I)cc2)cc1CC(=O)O. The Balaban J connectivity index is 2.23. The van der Waals surface area contributed by atoms with Gasteiger partial charge in [-0.2, -0.15) is 0 Å². The van der Waals surface area contributed by atoms with Crippen molar-refractivity contribution in [3.63, 3.8) is 0 Å². The second kappa shape index (κ2) is 7.13. The highest BCUT2D eigenvalue weighted by Gasteiger charge is 2.08. The number of carboxylic acids is 1. The molecule has 0 fully saturated rings. The van der Waals surface area contributed by atoms with Gasteiger partial charge in [0.25, 0.3) is 0 Å². The summed E-state index contributed by atoms with van der Waals surface area (Å²) in [6.07, 6.45) is 0.946. The van der Waals surface area contributed by atoms with Crippen LogP contribution in [-0.4, -0.2) is 11.1 Å². The van der Waals surface area contributed by atoms with Gasteiger partial charge in [0.1, 0.15) is 0 Å². The summed E-state index contributed by atoms with van der Waals surface area (Å²) < 4.78 is 1.21. The van der Waals surface area contributed by atoms with Crippen molar-refractivity contribution in [1.29, 1.82) is 0 Å². The van der Waals surface area contributed by atoms with E-state index in [9.17, 15) is 4.79 Å². The van der Waals surface area contributed by atoms with Crippen molar-refractivity contribution in [3.8, 4) is 0 Å². The van der Waals surface area contributed by atoms with Crippen LogP contribution in [0.2, 0.25) is 0 Å². The fourth-order valence-corrected chi connectivity index (χ4v) is 3.22. The van der Waals surface area contributed by atoms with Crippen LogP contribution in [0.4, 0.5) is 0 Å². The van der Waals surface area contributed by atoms with Gasteiger partial charge < -0.3 is 5.11 Å². The molecule has 4 heteroatoms. The van der Waals surface area contributed by atoms with Gasteiger partial charge in [-0.1, -0.05) is 24.8 Å². The minimum atomic E-state index is -0.781. The highest BCUT2D eigenvalue weighted by atomic mass is 127. The molecular weight excluding hydrogens is 383 g/mol. The molecule has 0 spiro atoms. The molecule has 0 amide bonds. The molecule has 0 aliphatic heterocycles. The molecular formula is C16H15IO2S. The van der Waals surface area contributed by atoms with Gasteiger partial charge in [0, 0.05) is 13.4 Å². The van der Waals surface area contributed by atoms with E-state index >= 15 is 0 Å². The maximum atomic E-state index is 10.9. The van der Waals surface area contributed by atoms with Crippen LogP contribution in [0, 0.1) is 3.57 Å². The number of aryl methyl sites for hydroxylation is 1. The van der Waals surface area contributed by atoms with Gasteiger partial charge in [-0.05, 0) is 76.5 Å². The number of hydrogen-bond donors (Lipinski definition) is 1. The summed E-state index contributed by atoms with van der Waals surface area (Å²) in [6, 6.07) is 14.4. The number of benzene rings is 2. The third-order valence-electron chi connectivity index (χ3n) is 2.95. The van der Waals surface area contributed by atoms with E-state index in [1.54, 1.807) is 11.8 Å². The smallest absolute Gasteiger partial charge is 0.307 e. The van der Waals surface area contributed by atoms with Gasteiger partial charge in [-0.15, -0.1) is 0 Å². The summed E-state index contributed by atoms with van der Waals surface area (Å²) >= 11 is 3.94. The van der Waals surface area contributed by atoms with E-state index in [0.717, 1.165) is 27.3 Å². The van der Waals surface area contributed by atoms with E-state index in [-0.39, 0.29) is 6.42 Å². The van der Waals surface area contributed by atoms with E-state index in [2.05, 4.69) is 52.9 Å². The lowest BCUT2D eigenvalue weighted by Gasteiger charge is -2.09. The fraction of sp³-hybridized carbons (Fsp3) is 0.188. The number of rotatable bonds is 5. The van der Waals surface area contributed by atoms with Crippen LogP contribution in [0.3, 0.4) is 0 Å². The van der Waals surface area contributed by atoms with Crippen molar-refractivity contribution in [2.24, 2.45) is 0 Å². The molecule has 0 saturated heterocycles. The zero-order chi connectivity index (χ0) is 14.5. The lowest BCUT2D eigenvalue weighted by Crippen LogP contribution is -2.03. The average molecular weight is 398 g/mol. The minimum Gasteiger partial charge on any atom is -0.481 e. The highest BCUT2D eigenvalue weighted by Crippen LogP contribution is 2.30. The van der Waals surface area contributed by atoms with Gasteiger partial charge in [0.15, 0.2) is 0 Å². The summed E-state index contributed by atoms with van der Waals surface area (Å²) in [5, 5.41) is 8.99. The molecule has 2 rings (SSSR count). The summed E-state index contributed by atoms with van der Waals surface area (Å²) in [4.78, 5) is 13.2. The largest absolute Gasteiger partial charge is 0.481 e. The van der Waals surface area contributed by atoms with Crippen LogP contribution < -0.4 is 0 Å². The lowest BCUT2D eigenvalue weighted by molar-refractivity contribution is -0.136. The number of carboxylic acid groups (broad SMARTS) is 1. The molecule has 0 bridgehead atoms. The van der Waals surface area contributed by atoms with Crippen LogP contribution >= 0.6 is 34.4 Å². The van der Waals surface area contributed by atoms with Crippen molar-refractivity contribution < 1.29 is 9.90 Å². The number of hydrogen-bond acceptors (Lipinski definition) is 2. The molecule has 0 saturated carbocycles. The molecule has 104 valence electrons. The molecule has 0 aliphatic rings.